The summed E-state index contributed by atoms with van der Waals surface area (Å²) in [4.78, 5) is 2.35. The third-order valence-corrected chi connectivity index (χ3v) is 3.44. The molecular formula is C13H18N2O2. The number of benzene rings is 1. The van der Waals surface area contributed by atoms with Gasteiger partial charge in [0.25, 0.3) is 0 Å². The van der Waals surface area contributed by atoms with Gasteiger partial charge in [-0.1, -0.05) is 12.1 Å². The average Bonchev–Trinajstić information content (AvgIpc) is 2.26. The van der Waals surface area contributed by atoms with E-state index in [1.54, 1.807) is 0 Å². The minimum absolute atomic E-state index is 0.135. The van der Waals surface area contributed by atoms with Crippen LogP contribution in [0.2, 0.25) is 0 Å². The predicted octanol–water partition coefficient (Wildman–Crippen LogP) is 0.730. The fourth-order valence-electron chi connectivity index (χ4n) is 2.21. The molecule has 17 heavy (non-hydrogen) atoms. The van der Waals surface area contributed by atoms with Crippen LogP contribution in [0.1, 0.15) is 0 Å². The molecule has 1 atom stereocenters. The van der Waals surface area contributed by atoms with Crippen LogP contribution in [0.3, 0.4) is 0 Å². The molecule has 1 N–H and O–H groups in total. The van der Waals surface area contributed by atoms with Gasteiger partial charge in [-0.3, -0.25) is 4.90 Å². The Kier molecular flexibility index (Phi) is 2.91. The van der Waals surface area contributed by atoms with E-state index in [4.69, 9.17) is 9.47 Å². The van der Waals surface area contributed by atoms with E-state index < -0.39 is 0 Å². The van der Waals surface area contributed by atoms with Gasteiger partial charge in [-0.15, -0.1) is 0 Å². The first-order valence-corrected chi connectivity index (χ1v) is 6.12. The summed E-state index contributed by atoms with van der Waals surface area (Å²) in [7, 11) is 2.15. The predicted molar refractivity (Wildman–Crippen MR) is 65.6 cm³/mol. The Morgan fingerprint density at radius 3 is 2.76 bits per heavy atom. The number of hydrogen-bond donors (Lipinski definition) is 1. The van der Waals surface area contributed by atoms with Crippen molar-refractivity contribution in [3.8, 4) is 11.5 Å². The van der Waals surface area contributed by atoms with E-state index in [2.05, 4.69) is 17.3 Å². The summed E-state index contributed by atoms with van der Waals surface area (Å²) < 4.78 is 11.6. The second kappa shape index (κ2) is 4.55. The van der Waals surface area contributed by atoms with Crippen LogP contribution in [-0.4, -0.2) is 50.3 Å². The Morgan fingerprint density at radius 2 is 2.06 bits per heavy atom. The standard InChI is InChI=1S/C13H18N2O2/c1-15(10-6-14-7-10)8-11-9-16-12-4-2-3-5-13(12)17-11/h2-5,10-11,14H,6-9H2,1H3. The molecule has 3 rings (SSSR count). The zero-order chi connectivity index (χ0) is 11.7. The molecule has 1 unspecified atom stereocenters. The first kappa shape index (κ1) is 10.9. The van der Waals surface area contributed by atoms with Crippen molar-refractivity contribution in [3.05, 3.63) is 24.3 Å². The molecular weight excluding hydrogens is 216 g/mol. The molecule has 4 nitrogen and oxygen atoms in total. The van der Waals surface area contributed by atoms with Crippen LogP contribution in [0.25, 0.3) is 0 Å². The number of fused-ring (bicyclic) bond motifs is 1. The van der Waals surface area contributed by atoms with E-state index in [1.807, 2.05) is 24.3 Å². The van der Waals surface area contributed by atoms with E-state index in [1.165, 1.54) is 0 Å². The molecule has 0 aliphatic carbocycles. The summed E-state index contributed by atoms with van der Waals surface area (Å²) in [5, 5.41) is 3.28. The number of nitrogens with zero attached hydrogens (tertiary/aromatic N) is 1. The fraction of sp³-hybridized carbons (Fsp3) is 0.538. The second-order valence-electron chi connectivity index (χ2n) is 4.75. The van der Waals surface area contributed by atoms with Crippen molar-refractivity contribution in [2.75, 3.05) is 33.3 Å². The van der Waals surface area contributed by atoms with Crippen LogP contribution < -0.4 is 14.8 Å². The third kappa shape index (κ3) is 2.23. The molecule has 4 heteroatoms. The van der Waals surface area contributed by atoms with Gasteiger partial charge >= 0.3 is 0 Å². The number of likely N-dealkylation sites (N-methyl/N-ethyl adjacent to an activating group) is 1. The van der Waals surface area contributed by atoms with Gasteiger partial charge < -0.3 is 14.8 Å². The SMILES string of the molecule is CN(CC1COc2ccccc2O1)C1CNC1. The maximum atomic E-state index is 5.93. The maximum absolute atomic E-state index is 5.93. The van der Waals surface area contributed by atoms with E-state index in [0.717, 1.165) is 31.1 Å². The Balaban J connectivity index is 1.60. The quantitative estimate of drug-likeness (QED) is 0.836. The Morgan fingerprint density at radius 1 is 1.29 bits per heavy atom. The van der Waals surface area contributed by atoms with Crippen molar-refractivity contribution >= 4 is 0 Å². The van der Waals surface area contributed by atoms with Gasteiger partial charge in [0.05, 0.1) is 0 Å². The summed E-state index contributed by atoms with van der Waals surface area (Å²) >= 11 is 0. The smallest absolute Gasteiger partial charge is 0.161 e. The molecule has 0 bridgehead atoms. The van der Waals surface area contributed by atoms with E-state index in [-0.39, 0.29) is 6.10 Å². The van der Waals surface area contributed by atoms with Gasteiger partial charge in [0.1, 0.15) is 12.7 Å². The van der Waals surface area contributed by atoms with Crippen molar-refractivity contribution in [2.45, 2.75) is 12.1 Å². The van der Waals surface area contributed by atoms with E-state index in [0.29, 0.717) is 12.6 Å². The van der Waals surface area contributed by atoms with Crippen LogP contribution in [0.5, 0.6) is 11.5 Å². The minimum atomic E-state index is 0.135. The number of ether oxygens (including phenoxy) is 2. The first-order chi connectivity index (χ1) is 8.33. The van der Waals surface area contributed by atoms with Gasteiger partial charge in [0.15, 0.2) is 11.5 Å². The molecule has 1 saturated heterocycles. The van der Waals surface area contributed by atoms with Crippen LogP contribution in [0.15, 0.2) is 24.3 Å². The highest BCUT2D eigenvalue weighted by Gasteiger charge is 2.27. The second-order valence-corrected chi connectivity index (χ2v) is 4.75. The van der Waals surface area contributed by atoms with Crippen LogP contribution >= 0.6 is 0 Å². The number of hydrogen-bond acceptors (Lipinski definition) is 4. The van der Waals surface area contributed by atoms with Crippen molar-refractivity contribution in [2.24, 2.45) is 0 Å². The Labute approximate surface area is 102 Å². The lowest BCUT2D eigenvalue weighted by Crippen LogP contribution is -2.58. The summed E-state index contributed by atoms with van der Waals surface area (Å²) in [5.41, 5.74) is 0. The zero-order valence-corrected chi connectivity index (χ0v) is 10.1. The molecule has 2 aliphatic rings. The Hall–Kier alpha value is -1.26. The van der Waals surface area contributed by atoms with E-state index in [9.17, 15) is 0 Å². The van der Waals surface area contributed by atoms with Gasteiger partial charge in [-0.2, -0.15) is 0 Å². The van der Waals surface area contributed by atoms with E-state index >= 15 is 0 Å². The highest BCUT2D eigenvalue weighted by molar-refractivity contribution is 5.40. The lowest BCUT2D eigenvalue weighted by Gasteiger charge is -2.38. The van der Waals surface area contributed by atoms with Crippen molar-refractivity contribution < 1.29 is 9.47 Å². The molecule has 0 aromatic heterocycles. The summed E-state index contributed by atoms with van der Waals surface area (Å²) in [6.07, 6.45) is 0.135. The molecule has 2 aliphatic heterocycles. The summed E-state index contributed by atoms with van der Waals surface area (Å²) in [5.74, 6) is 1.72. The molecule has 1 fully saturated rings. The van der Waals surface area contributed by atoms with Crippen LogP contribution in [-0.2, 0) is 0 Å². The molecule has 0 spiro atoms. The zero-order valence-electron chi connectivity index (χ0n) is 10.1. The Bertz CT molecular complexity index is 393. The number of para-hydroxylation sites is 2. The highest BCUT2D eigenvalue weighted by Crippen LogP contribution is 2.31. The molecule has 0 saturated carbocycles. The number of rotatable bonds is 3. The van der Waals surface area contributed by atoms with Gasteiger partial charge in [-0.25, -0.2) is 0 Å². The van der Waals surface area contributed by atoms with Crippen molar-refractivity contribution in [3.63, 3.8) is 0 Å². The summed E-state index contributed by atoms with van der Waals surface area (Å²) in [6, 6.07) is 8.51. The maximum Gasteiger partial charge on any atom is 0.161 e. The lowest BCUT2D eigenvalue weighted by molar-refractivity contribution is 0.0462. The van der Waals surface area contributed by atoms with Gasteiger partial charge in [0.2, 0.25) is 0 Å². The largest absolute Gasteiger partial charge is 0.486 e. The lowest BCUT2D eigenvalue weighted by atomic mass is 10.1. The topological polar surface area (TPSA) is 33.7 Å². The third-order valence-electron chi connectivity index (χ3n) is 3.44. The normalized spacial score (nSPS) is 23.5. The molecule has 1 aromatic rings. The van der Waals surface area contributed by atoms with Crippen LogP contribution in [0, 0.1) is 0 Å². The highest BCUT2D eigenvalue weighted by atomic mass is 16.6. The number of nitrogens with one attached hydrogen (secondary N) is 1. The fourth-order valence-corrected chi connectivity index (χ4v) is 2.21. The first-order valence-electron chi connectivity index (χ1n) is 6.12. The molecule has 92 valence electrons. The van der Waals surface area contributed by atoms with Crippen molar-refractivity contribution in [1.82, 2.24) is 10.2 Å². The average molecular weight is 234 g/mol. The summed E-state index contributed by atoms with van der Waals surface area (Å²) in [6.45, 7) is 3.73. The monoisotopic (exact) mass is 234 g/mol. The molecule has 1 aromatic carbocycles. The van der Waals surface area contributed by atoms with Gasteiger partial charge in [-0.05, 0) is 19.2 Å². The van der Waals surface area contributed by atoms with Crippen LogP contribution in [0.4, 0.5) is 0 Å². The molecule has 0 radical (unpaired) electrons. The van der Waals surface area contributed by atoms with Crippen molar-refractivity contribution in [1.29, 1.82) is 0 Å². The van der Waals surface area contributed by atoms with Gasteiger partial charge in [0, 0.05) is 25.7 Å². The molecule has 0 amide bonds. The minimum Gasteiger partial charge on any atom is -0.486 e. The molecule has 2 heterocycles.